The SMILES string of the molecule is Cc1nc(Nc2cccc(Cl)c2C)cc(C(=O)NCc2ccccc2)n1. The molecule has 0 radical (unpaired) electrons. The zero-order chi connectivity index (χ0) is 18.5. The predicted molar refractivity (Wildman–Crippen MR) is 104 cm³/mol. The number of carbonyl (C=O) groups is 1. The van der Waals surface area contributed by atoms with E-state index in [-0.39, 0.29) is 5.91 Å². The minimum atomic E-state index is -0.245. The van der Waals surface area contributed by atoms with E-state index in [1.54, 1.807) is 13.0 Å². The van der Waals surface area contributed by atoms with Crippen LogP contribution in [0.4, 0.5) is 11.5 Å². The maximum absolute atomic E-state index is 12.4. The van der Waals surface area contributed by atoms with Gasteiger partial charge in [0, 0.05) is 23.3 Å². The number of benzene rings is 2. The highest BCUT2D eigenvalue weighted by molar-refractivity contribution is 6.31. The Morgan fingerprint density at radius 1 is 1.04 bits per heavy atom. The van der Waals surface area contributed by atoms with E-state index in [0.717, 1.165) is 16.8 Å². The Kier molecular flexibility index (Phi) is 5.49. The number of halogens is 1. The Bertz CT molecular complexity index is 928. The van der Waals surface area contributed by atoms with Crippen molar-refractivity contribution in [2.75, 3.05) is 5.32 Å². The van der Waals surface area contributed by atoms with Crippen LogP contribution >= 0.6 is 11.6 Å². The quantitative estimate of drug-likeness (QED) is 0.701. The molecule has 26 heavy (non-hydrogen) atoms. The number of amides is 1. The number of hydrogen-bond donors (Lipinski definition) is 2. The second kappa shape index (κ2) is 7.97. The van der Waals surface area contributed by atoms with Gasteiger partial charge < -0.3 is 10.6 Å². The molecule has 1 aromatic heterocycles. The Morgan fingerprint density at radius 2 is 1.81 bits per heavy atom. The number of rotatable bonds is 5. The van der Waals surface area contributed by atoms with E-state index < -0.39 is 0 Å². The van der Waals surface area contributed by atoms with Crippen LogP contribution in [0, 0.1) is 13.8 Å². The van der Waals surface area contributed by atoms with E-state index in [4.69, 9.17) is 11.6 Å². The smallest absolute Gasteiger partial charge is 0.270 e. The maximum atomic E-state index is 12.4. The molecule has 5 nitrogen and oxygen atoms in total. The molecular formula is C20H19ClN4O. The number of anilines is 2. The fraction of sp³-hybridized carbons (Fsp3) is 0.150. The van der Waals surface area contributed by atoms with Crippen LogP contribution in [0.5, 0.6) is 0 Å². The van der Waals surface area contributed by atoms with E-state index >= 15 is 0 Å². The number of carbonyl (C=O) groups excluding carboxylic acids is 1. The van der Waals surface area contributed by atoms with Gasteiger partial charge in [-0.25, -0.2) is 9.97 Å². The Balaban J connectivity index is 1.76. The summed E-state index contributed by atoms with van der Waals surface area (Å²) in [5, 5.41) is 6.75. The number of nitrogens with one attached hydrogen (secondary N) is 2. The van der Waals surface area contributed by atoms with Gasteiger partial charge in [-0.15, -0.1) is 0 Å². The second-order valence-electron chi connectivity index (χ2n) is 5.89. The van der Waals surface area contributed by atoms with E-state index in [9.17, 15) is 4.79 Å². The van der Waals surface area contributed by atoms with E-state index in [1.807, 2.05) is 55.5 Å². The first-order valence-corrected chi connectivity index (χ1v) is 8.60. The summed E-state index contributed by atoms with van der Waals surface area (Å²) in [4.78, 5) is 21.0. The van der Waals surface area contributed by atoms with Crippen LogP contribution in [0.15, 0.2) is 54.6 Å². The van der Waals surface area contributed by atoms with E-state index in [2.05, 4.69) is 20.6 Å². The molecule has 1 heterocycles. The van der Waals surface area contributed by atoms with Crippen LogP contribution in [0.1, 0.15) is 27.4 Å². The Morgan fingerprint density at radius 3 is 2.58 bits per heavy atom. The summed E-state index contributed by atoms with van der Waals surface area (Å²) in [5.74, 6) is 0.817. The topological polar surface area (TPSA) is 66.9 Å². The summed E-state index contributed by atoms with van der Waals surface area (Å²) < 4.78 is 0. The zero-order valence-electron chi connectivity index (χ0n) is 14.6. The van der Waals surface area contributed by atoms with Crippen molar-refractivity contribution in [2.24, 2.45) is 0 Å². The summed E-state index contributed by atoms with van der Waals surface area (Å²) in [7, 11) is 0. The third-order valence-corrected chi connectivity index (χ3v) is 4.31. The lowest BCUT2D eigenvalue weighted by Crippen LogP contribution is -2.24. The summed E-state index contributed by atoms with van der Waals surface area (Å²) in [6.45, 7) is 4.12. The molecule has 132 valence electrons. The summed E-state index contributed by atoms with van der Waals surface area (Å²) in [5.41, 5.74) is 3.10. The van der Waals surface area contributed by atoms with Gasteiger partial charge in [0.1, 0.15) is 17.3 Å². The molecule has 3 rings (SSSR count). The third kappa shape index (κ3) is 4.37. The second-order valence-corrected chi connectivity index (χ2v) is 6.30. The molecule has 1 amide bonds. The average molecular weight is 367 g/mol. The summed E-state index contributed by atoms with van der Waals surface area (Å²) >= 11 is 6.16. The van der Waals surface area contributed by atoms with Crippen molar-refractivity contribution in [3.63, 3.8) is 0 Å². The van der Waals surface area contributed by atoms with Gasteiger partial charge in [-0.05, 0) is 37.1 Å². The third-order valence-electron chi connectivity index (χ3n) is 3.90. The van der Waals surface area contributed by atoms with Gasteiger partial charge in [0.25, 0.3) is 5.91 Å². The number of hydrogen-bond acceptors (Lipinski definition) is 4. The molecule has 0 spiro atoms. The molecule has 6 heteroatoms. The summed E-state index contributed by atoms with van der Waals surface area (Å²) in [6.07, 6.45) is 0. The highest BCUT2D eigenvalue weighted by Crippen LogP contribution is 2.25. The van der Waals surface area contributed by atoms with Crippen molar-refractivity contribution in [1.29, 1.82) is 0 Å². The lowest BCUT2D eigenvalue weighted by molar-refractivity contribution is 0.0945. The van der Waals surface area contributed by atoms with Crippen molar-refractivity contribution in [3.8, 4) is 0 Å². The van der Waals surface area contributed by atoms with Gasteiger partial charge in [0.05, 0.1) is 0 Å². The van der Waals surface area contributed by atoms with Crippen LogP contribution in [-0.2, 0) is 6.54 Å². The standard InChI is InChI=1S/C20H19ClN4O/c1-13-16(21)9-6-10-17(13)25-19-11-18(23-14(2)24-19)20(26)22-12-15-7-4-3-5-8-15/h3-11H,12H2,1-2H3,(H,22,26)(H,23,24,25). The van der Waals surface area contributed by atoms with Crippen LogP contribution in [-0.4, -0.2) is 15.9 Å². The molecule has 0 fully saturated rings. The van der Waals surface area contributed by atoms with Crippen LogP contribution in [0.3, 0.4) is 0 Å². The predicted octanol–water partition coefficient (Wildman–Crippen LogP) is 4.42. The van der Waals surface area contributed by atoms with Crippen molar-refractivity contribution >= 4 is 29.0 Å². The van der Waals surface area contributed by atoms with Gasteiger partial charge >= 0.3 is 0 Å². The van der Waals surface area contributed by atoms with Gasteiger partial charge in [-0.1, -0.05) is 48.0 Å². The Labute approximate surface area is 157 Å². The number of aryl methyl sites for hydroxylation is 1. The maximum Gasteiger partial charge on any atom is 0.270 e. The molecule has 0 atom stereocenters. The lowest BCUT2D eigenvalue weighted by atomic mass is 10.2. The largest absolute Gasteiger partial charge is 0.347 e. The van der Waals surface area contributed by atoms with Crippen molar-refractivity contribution in [1.82, 2.24) is 15.3 Å². The van der Waals surface area contributed by atoms with Gasteiger partial charge in [-0.2, -0.15) is 0 Å². The molecule has 0 unspecified atom stereocenters. The van der Waals surface area contributed by atoms with E-state index in [1.165, 1.54) is 0 Å². The molecule has 0 bridgehead atoms. The lowest BCUT2D eigenvalue weighted by Gasteiger charge is -2.12. The number of nitrogens with zero attached hydrogens (tertiary/aromatic N) is 2. The van der Waals surface area contributed by atoms with Crippen LogP contribution in [0.25, 0.3) is 0 Å². The molecule has 0 saturated heterocycles. The van der Waals surface area contributed by atoms with Crippen molar-refractivity contribution in [2.45, 2.75) is 20.4 Å². The number of aromatic nitrogens is 2. The first-order valence-electron chi connectivity index (χ1n) is 8.23. The van der Waals surface area contributed by atoms with Crippen LogP contribution < -0.4 is 10.6 Å². The van der Waals surface area contributed by atoms with Crippen molar-refractivity contribution in [3.05, 3.63) is 82.3 Å². The fourth-order valence-electron chi connectivity index (χ4n) is 2.50. The first kappa shape index (κ1) is 17.9. The van der Waals surface area contributed by atoms with E-state index in [0.29, 0.717) is 28.9 Å². The highest BCUT2D eigenvalue weighted by Gasteiger charge is 2.11. The molecule has 0 saturated carbocycles. The minimum Gasteiger partial charge on any atom is -0.347 e. The normalized spacial score (nSPS) is 10.4. The Hall–Kier alpha value is -2.92. The van der Waals surface area contributed by atoms with Crippen molar-refractivity contribution < 1.29 is 4.79 Å². The van der Waals surface area contributed by atoms with Gasteiger partial charge in [0.15, 0.2) is 0 Å². The zero-order valence-corrected chi connectivity index (χ0v) is 15.3. The first-order chi connectivity index (χ1) is 12.5. The van der Waals surface area contributed by atoms with Gasteiger partial charge in [-0.3, -0.25) is 4.79 Å². The highest BCUT2D eigenvalue weighted by atomic mass is 35.5. The molecule has 0 aliphatic rings. The molecule has 0 aliphatic carbocycles. The molecule has 0 aliphatic heterocycles. The molecular weight excluding hydrogens is 348 g/mol. The fourth-order valence-corrected chi connectivity index (χ4v) is 2.67. The monoisotopic (exact) mass is 366 g/mol. The average Bonchev–Trinajstić information content (AvgIpc) is 2.64. The van der Waals surface area contributed by atoms with Crippen LogP contribution in [0.2, 0.25) is 5.02 Å². The minimum absolute atomic E-state index is 0.245. The molecule has 3 aromatic rings. The summed E-state index contributed by atoms with van der Waals surface area (Å²) in [6, 6.07) is 17.0. The molecule has 2 aromatic carbocycles. The molecule has 2 N–H and O–H groups in total. The van der Waals surface area contributed by atoms with Gasteiger partial charge in [0.2, 0.25) is 0 Å².